The van der Waals surface area contributed by atoms with Gasteiger partial charge in [0.1, 0.15) is 0 Å². The minimum Gasteiger partial charge on any atom is -0.353 e. The first-order chi connectivity index (χ1) is 8.54. The second-order valence-electron chi connectivity index (χ2n) is 4.42. The Kier molecular flexibility index (Phi) is 3.20. The monoisotopic (exact) mass is 383 g/mol. The quantitative estimate of drug-likeness (QED) is 0.507. The van der Waals surface area contributed by atoms with Gasteiger partial charge in [-0.1, -0.05) is 43.6 Å². The molecule has 0 unspecified atom stereocenters. The zero-order valence-corrected chi connectivity index (χ0v) is 14.0. The highest BCUT2D eigenvalue weighted by Gasteiger charge is 2.19. The molecule has 0 spiro atoms. The Bertz CT molecular complexity index is 597. The fraction of sp³-hybridized carbons (Fsp3) is 0.143. The lowest BCUT2D eigenvalue weighted by Crippen LogP contribution is -2.03. The van der Waals surface area contributed by atoms with Crippen molar-refractivity contribution in [1.29, 1.82) is 0 Å². The number of fused-ring (bicyclic) bond motifs is 2. The summed E-state index contributed by atoms with van der Waals surface area (Å²) in [4.78, 5) is 2.54. The van der Waals surface area contributed by atoms with Gasteiger partial charge in [0.15, 0.2) is 0 Å². The molecule has 0 aliphatic carbocycles. The summed E-state index contributed by atoms with van der Waals surface area (Å²) in [6, 6.07) is 8.62. The predicted octanol–water partition coefficient (Wildman–Crippen LogP) is 6.04. The Hall–Kier alpha value is -0.450. The van der Waals surface area contributed by atoms with E-state index < -0.39 is 0 Å². The van der Waals surface area contributed by atoms with E-state index in [1.54, 1.807) is 0 Å². The van der Waals surface area contributed by atoms with Crippen molar-refractivity contribution in [3.63, 3.8) is 0 Å². The van der Waals surface area contributed by atoms with E-state index in [1.165, 1.54) is 32.3 Å². The van der Waals surface area contributed by atoms with Gasteiger partial charge in [0, 0.05) is 18.7 Å². The van der Waals surface area contributed by atoms with Crippen LogP contribution in [0, 0.1) is 13.8 Å². The van der Waals surface area contributed by atoms with E-state index >= 15 is 0 Å². The zero-order chi connectivity index (χ0) is 12.9. The van der Waals surface area contributed by atoms with Crippen molar-refractivity contribution >= 4 is 55.0 Å². The molecule has 0 radical (unpaired) electrons. The highest BCUT2D eigenvalue weighted by atomic mass is 79.9. The molecule has 0 aromatic heterocycles. The van der Waals surface area contributed by atoms with Gasteiger partial charge in [0.05, 0.1) is 11.4 Å². The molecule has 4 heteroatoms. The van der Waals surface area contributed by atoms with Crippen LogP contribution in [-0.2, 0) is 0 Å². The second kappa shape index (κ2) is 4.58. The summed E-state index contributed by atoms with van der Waals surface area (Å²) in [6.45, 7) is 4.27. The zero-order valence-electron chi connectivity index (χ0n) is 9.97. The Morgan fingerprint density at radius 1 is 0.833 bits per heavy atom. The van der Waals surface area contributed by atoms with E-state index in [2.05, 4.69) is 75.3 Å². The minimum atomic E-state index is 1.13. The third kappa shape index (κ3) is 2.10. The van der Waals surface area contributed by atoms with Crippen LogP contribution < -0.4 is 5.32 Å². The molecule has 18 heavy (non-hydrogen) atoms. The SMILES string of the molecule is Cc1cc(Br)cc2c1Nc1c(C)cc(Br)cc1S2. The number of rotatable bonds is 0. The molecule has 1 N–H and O–H groups in total. The van der Waals surface area contributed by atoms with Crippen molar-refractivity contribution in [3.05, 3.63) is 44.3 Å². The Morgan fingerprint density at radius 3 is 1.72 bits per heavy atom. The second-order valence-corrected chi connectivity index (χ2v) is 7.33. The van der Waals surface area contributed by atoms with Gasteiger partial charge in [-0.3, -0.25) is 0 Å². The molecule has 0 bridgehead atoms. The molecular weight excluding hydrogens is 374 g/mol. The number of halogens is 2. The van der Waals surface area contributed by atoms with Crippen LogP contribution >= 0.6 is 43.6 Å². The van der Waals surface area contributed by atoms with Crippen molar-refractivity contribution in [2.24, 2.45) is 0 Å². The summed E-state index contributed by atoms with van der Waals surface area (Å²) in [7, 11) is 0. The molecule has 3 rings (SSSR count). The van der Waals surface area contributed by atoms with Crippen LogP contribution in [0.2, 0.25) is 0 Å². The highest BCUT2D eigenvalue weighted by Crippen LogP contribution is 2.48. The Morgan fingerprint density at radius 2 is 1.28 bits per heavy atom. The van der Waals surface area contributed by atoms with Gasteiger partial charge in [-0.05, 0) is 49.2 Å². The number of anilines is 2. The molecule has 1 aliphatic rings. The number of benzene rings is 2. The molecular formula is C14H11Br2NS. The maximum absolute atomic E-state index is 3.57. The van der Waals surface area contributed by atoms with Crippen LogP contribution in [0.5, 0.6) is 0 Å². The lowest BCUT2D eigenvalue weighted by molar-refractivity contribution is 1.23. The van der Waals surface area contributed by atoms with E-state index in [0.717, 1.165) is 8.95 Å². The maximum Gasteiger partial charge on any atom is 0.0556 e. The summed E-state index contributed by atoms with van der Waals surface area (Å²) in [6.07, 6.45) is 0. The predicted molar refractivity (Wildman–Crippen MR) is 85.2 cm³/mol. The molecule has 1 nitrogen and oxygen atoms in total. The fourth-order valence-electron chi connectivity index (χ4n) is 2.15. The lowest BCUT2D eigenvalue weighted by Gasteiger charge is -2.24. The first-order valence-electron chi connectivity index (χ1n) is 5.60. The minimum absolute atomic E-state index is 1.13. The average molecular weight is 385 g/mol. The summed E-state index contributed by atoms with van der Waals surface area (Å²) in [5, 5.41) is 3.57. The van der Waals surface area contributed by atoms with E-state index in [4.69, 9.17) is 0 Å². The first-order valence-corrected chi connectivity index (χ1v) is 8.00. The normalized spacial score (nSPS) is 12.7. The smallest absolute Gasteiger partial charge is 0.0556 e. The molecule has 0 atom stereocenters. The van der Waals surface area contributed by atoms with Crippen LogP contribution in [0.25, 0.3) is 0 Å². The fourth-order valence-corrected chi connectivity index (χ4v) is 4.83. The third-order valence-corrected chi connectivity index (χ3v) is 5.00. The Labute approximate surface area is 128 Å². The third-order valence-electron chi connectivity index (χ3n) is 3.00. The van der Waals surface area contributed by atoms with Crippen LogP contribution in [0.4, 0.5) is 11.4 Å². The van der Waals surface area contributed by atoms with Crippen LogP contribution in [0.1, 0.15) is 11.1 Å². The van der Waals surface area contributed by atoms with Crippen LogP contribution in [0.15, 0.2) is 43.0 Å². The van der Waals surface area contributed by atoms with Crippen molar-refractivity contribution in [2.75, 3.05) is 5.32 Å². The van der Waals surface area contributed by atoms with E-state index in [-0.39, 0.29) is 0 Å². The van der Waals surface area contributed by atoms with E-state index in [0.29, 0.717) is 0 Å². The molecule has 0 saturated heterocycles. The van der Waals surface area contributed by atoms with Gasteiger partial charge >= 0.3 is 0 Å². The molecule has 2 aromatic rings. The summed E-state index contributed by atoms with van der Waals surface area (Å²) in [5.74, 6) is 0. The van der Waals surface area contributed by atoms with E-state index in [9.17, 15) is 0 Å². The first kappa shape index (κ1) is 12.6. The molecule has 1 heterocycles. The van der Waals surface area contributed by atoms with Crippen molar-refractivity contribution in [1.82, 2.24) is 0 Å². The summed E-state index contributed by atoms with van der Waals surface area (Å²) < 4.78 is 2.26. The molecule has 92 valence electrons. The Balaban J connectivity index is 2.18. The average Bonchev–Trinajstić information content (AvgIpc) is 2.26. The number of hydrogen-bond donors (Lipinski definition) is 1. The lowest BCUT2D eigenvalue weighted by atomic mass is 10.1. The molecule has 0 saturated carbocycles. The highest BCUT2D eigenvalue weighted by molar-refractivity contribution is 9.10. The number of aryl methyl sites for hydroxylation is 2. The van der Waals surface area contributed by atoms with Gasteiger partial charge < -0.3 is 5.32 Å². The van der Waals surface area contributed by atoms with E-state index in [1.807, 2.05) is 11.8 Å². The van der Waals surface area contributed by atoms with Crippen molar-refractivity contribution < 1.29 is 0 Å². The molecule has 2 aromatic carbocycles. The molecule has 1 aliphatic heterocycles. The number of hydrogen-bond acceptors (Lipinski definition) is 2. The van der Waals surface area contributed by atoms with Gasteiger partial charge in [-0.25, -0.2) is 0 Å². The largest absolute Gasteiger partial charge is 0.353 e. The van der Waals surface area contributed by atoms with Gasteiger partial charge in [-0.15, -0.1) is 0 Å². The molecule has 0 amide bonds. The van der Waals surface area contributed by atoms with Crippen LogP contribution in [-0.4, -0.2) is 0 Å². The van der Waals surface area contributed by atoms with Gasteiger partial charge in [-0.2, -0.15) is 0 Å². The van der Waals surface area contributed by atoms with Gasteiger partial charge in [0.25, 0.3) is 0 Å². The molecule has 0 fully saturated rings. The van der Waals surface area contributed by atoms with Crippen molar-refractivity contribution in [3.8, 4) is 0 Å². The summed E-state index contributed by atoms with van der Waals surface area (Å²) >= 11 is 8.94. The number of nitrogens with one attached hydrogen (secondary N) is 1. The van der Waals surface area contributed by atoms with Crippen molar-refractivity contribution in [2.45, 2.75) is 23.6 Å². The summed E-state index contributed by atoms with van der Waals surface area (Å²) in [5.41, 5.74) is 4.97. The maximum atomic E-state index is 3.57. The van der Waals surface area contributed by atoms with Crippen LogP contribution in [0.3, 0.4) is 0 Å². The topological polar surface area (TPSA) is 12.0 Å². The standard InChI is InChI=1S/C14H11Br2NS/c1-7-3-9(15)5-11-13(7)17-14-8(2)4-10(16)6-12(14)18-11/h3-6,17H,1-2H3. The van der Waals surface area contributed by atoms with Gasteiger partial charge in [0.2, 0.25) is 0 Å².